The second kappa shape index (κ2) is 14.0. The van der Waals surface area contributed by atoms with E-state index in [1.54, 1.807) is 12.1 Å². The van der Waals surface area contributed by atoms with Crippen LogP contribution in [0.3, 0.4) is 0 Å². The van der Waals surface area contributed by atoms with Gasteiger partial charge in [0.2, 0.25) is 5.91 Å². The predicted octanol–water partition coefficient (Wildman–Crippen LogP) is 6.18. The van der Waals surface area contributed by atoms with Crippen LogP contribution in [-0.2, 0) is 11.3 Å². The number of carbonyl (C=O) groups is 2. The molecule has 1 atom stereocenters. The molecule has 38 heavy (non-hydrogen) atoms. The Morgan fingerprint density at radius 1 is 1.03 bits per heavy atom. The SMILES string of the molecule is C=CCn1c(SCC(=O)N(C2CCCCC2)C2CCCCC2)nnc1[C@H](NC(=O)c1ccccc1)C(C)C. The highest BCUT2D eigenvalue weighted by molar-refractivity contribution is 7.99. The van der Waals surface area contributed by atoms with Crippen LogP contribution in [0.15, 0.2) is 48.1 Å². The number of allylic oxidation sites excluding steroid dienone is 1. The number of benzene rings is 1. The maximum atomic E-state index is 13.7. The lowest BCUT2D eigenvalue weighted by atomic mass is 9.88. The molecule has 2 fully saturated rings. The van der Waals surface area contributed by atoms with Crippen LogP contribution >= 0.6 is 11.8 Å². The fraction of sp³-hybridized carbons (Fsp3) is 0.600. The lowest BCUT2D eigenvalue weighted by Gasteiger charge is -2.41. The molecule has 1 aromatic heterocycles. The van der Waals surface area contributed by atoms with Gasteiger partial charge in [0.25, 0.3) is 5.91 Å². The summed E-state index contributed by atoms with van der Waals surface area (Å²) in [6.07, 6.45) is 13.8. The molecule has 1 aromatic carbocycles. The predicted molar refractivity (Wildman–Crippen MR) is 153 cm³/mol. The largest absolute Gasteiger partial charge is 0.342 e. The van der Waals surface area contributed by atoms with Crippen LogP contribution in [0.5, 0.6) is 0 Å². The van der Waals surface area contributed by atoms with Gasteiger partial charge in [-0.2, -0.15) is 0 Å². The van der Waals surface area contributed by atoms with E-state index in [2.05, 4.69) is 40.8 Å². The van der Waals surface area contributed by atoms with Crippen molar-refractivity contribution in [3.05, 3.63) is 54.4 Å². The zero-order chi connectivity index (χ0) is 26.9. The van der Waals surface area contributed by atoms with Gasteiger partial charge in [0.15, 0.2) is 11.0 Å². The van der Waals surface area contributed by atoms with Gasteiger partial charge in [-0.05, 0) is 43.7 Å². The van der Waals surface area contributed by atoms with E-state index in [4.69, 9.17) is 0 Å². The van der Waals surface area contributed by atoms with Gasteiger partial charge in [0.05, 0.1) is 11.8 Å². The summed E-state index contributed by atoms with van der Waals surface area (Å²) in [5.74, 6) is 1.22. The molecule has 4 rings (SSSR count). The lowest BCUT2D eigenvalue weighted by Crippen LogP contribution is -2.49. The fourth-order valence-electron chi connectivity index (χ4n) is 5.91. The molecule has 2 aromatic rings. The smallest absolute Gasteiger partial charge is 0.251 e. The Morgan fingerprint density at radius 3 is 2.18 bits per heavy atom. The number of carbonyl (C=O) groups excluding carboxylic acids is 2. The Kier molecular flexibility index (Phi) is 10.4. The molecule has 2 aliphatic carbocycles. The summed E-state index contributed by atoms with van der Waals surface area (Å²) >= 11 is 1.45. The molecule has 1 heterocycles. The third kappa shape index (κ3) is 7.07. The van der Waals surface area contributed by atoms with Crippen molar-refractivity contribution in [2.45, 2.75) is 108 Å². The zero-order valence-electron chi connectivity index (χ0n) is 23.0. The summed E-state index contributed by atoms with van der Waals surface area (Å²) in [5, 5.41) is 12.8. The molecule has 7 nitrogen and oxygen atoms in total. The van der Waals surface area contributed by atoms with E-state index in [1.807, 2.05) is 28.8 Å². The molecule has 8 heteroatoms. The van der Waals surface area contributed by atoms with Crippen LogP contribution in [0.2, 0.25) is 0 Å². The van der Waals surface area contributed by atoms with Crippen molar-refractivity contribution >= 4 is 23.6 Å². The maximum absolute atomic E-state index is 13.7. The Labute approximate surface area is 231 Å². The Morgan fingerprint density at radius 2 is 1.63 bits per heavy atom. The van der Waals surface area contributed by atoms with Crippen molar-refractivity contribution in [1.29, 1.82) is 0 Å². The topological polar surface area (TPSA) is 80.1 Å². The molecule has 0 aliphatic heterocycles. The second-order valence-electron chi connectivity index (χ2n) is 11.0. The van der Waals surface area contributed by atoms with Crippen molar-refractivity contribution in [1.82, 2.24) is 25.0 Å². The summed E-state index contributed by atoms with van der Waals surface area (Å²) in [7, 11) is 0. The van der Waals surface area contributed by atoms with Crippen LogP contribution in [0, 0.1) is 5.92 Å². The van der Waals surface area contributed by atoms with Crippen molar-refractivity contribution in [2.24, 2.45) is 5.92 Å². The first-order chi connectivity index (χ1) is 18.5. The minimum absolute atomic E-state index is 0.100. The first-order valence-corrected chi connectivity index (χ1v) is 15.3. The molecule has 0 spiro atoms. The van der Waals surface area contributed by atoms with Gasteiger partial charge in [-0.3, -0.25) is 9.59 Å². The average Bonchev–Trinajstić information content (AvgIpc) is 3.34. The minimum Gasteiger partial charge on any atom is -0.342 e. The van der Waals surface area contributed by atoms with Gasteiger partial charge < -0.3 is 14.8 Å². The third-order valence-corrected chi connectivity index (χ3v) is 8.82. The number of hydrogen-bond donors (Lipinski definition) is 1. The van der Waals surface area contributed by atoms with Gasteiger partial charge in [0, 0.05) is 24.2 Å². The highest BCUT2D eigenvalue weighted by atomic mass is 32.2. The standard InChI is InChI=1S/C30H43N5O2S/c1-4-20-34-28(27(22(2)3)31-29(37)23-14-8-5-9-15-23)32-33-30(34)38-21-26(36)35(24-16-10-6-11-17-24)25-18-12-7-13-19-25/h4-5,8-9,14-15,22,24-25,27H,1,6-7,10-13,16-21H2,2-3H3,(H,31,37)/t27-/m1/s1. The van der Waals surface area contributed by atoms with Gasteiger partial charge in [-0.25, -0.2) is 0 Å². The maximum Gasteiger partial charge on any atom is 0.251 e. The zero-order valence-corrected chi connectivity index (χ0v) is 23.8. The number of amides is 2. The normalized spacial score (nSPS) is 17.8. The summed E-state index contributed by atoms with van der Waals surface area (Å²) < 4.78 is 1.99. The Bertz CT molecular complexity index is 1040. The number of thioether (sulfide) groups is 1. The minimum atomic E-state index is -0.318. The van der Waals surface area contributed by atoms with Crippen LogP contribution < -0.4 is 5.32 Å². The number of nitrogens with one attached hydrogen (secondary N) is 1. The average molecular weight is 538 g/mol. The number of nitrogens with zero attached hydrogens (tertiary/aromatic N) is 4. The number of aromatic nitrogens is 3. The van der Waals surface area contributed by atoms with Gasteiger partial charge >= 0.3 is 0 Å². The monoisotopic (exact) mass is 537 g/mol. The molecule has 2 aliphatic rings. The van der Waals surface area contributed by atoms with Crippen molar-refractivity contribution in [2.75, 3.05) is 5.75 Å². The molecule has 1 N–H and O–H groups in total. The molecular weight excluding hydrogens is 494 g/mol. The van der Waals surface area contributed by atoms with Crippen molar-refractivity contribution < 1.29 is 9.59 Å². The Hall–Kier alpha value is -2.61. The summed E-state index contributed by atoms with van der Waals surface area (Å²) in [6, 6.07) is 9.65. The van der Waals surface area contributed by atoms with E-state index in [0.29, 0.717) is 40.9 Å². The number of rotatable bonds is 11. The van der Waals surface area contributed by atoms with E-state index in [-0.39, 0.29) is 23.8 Å². The Balaban J connectivity index is 1.50. The molecule has 0 radical (unpaired) electrons. The highest BCUT2D eigenvalue weighted by Crippen LogP contribution is 2.32. The summed E-state index contributed by atoms with van der Waals surface area (Å²) in [6.45, 7) is 8.56. The molecule has 0 bridgehead atoms. The quantitative estimate of drug-likeness (QED) is 0.274. The van der Waals surface area contributed by atoms with Crippen LogP contribution in [0.4, 0.5) is 0 Å². The first-order valence-electron chi connectivity index (χ1n) is 14.3. The van der Waals surface area contributed by atoms with Crippen molar-refractivity contribution in [3.63, 3.8) is 0 Å². The second-order valence-corrected chi connectivity index (χ2v) is 11.9. The third-order valence-electron chi connectivity index (χ3n) is 7.87. The van der Waals surface area contributed by atoms with Crippen LogP contribution in [0.25, 0.3) is 0 Å². The molecule has 0 unspecified atom stereocenters. The summed E-state index contributed by atoms with van der Waals surface area (Å²) in [4.78, 5) is 28.9. The van der Waals surface area contributed by atoms with E-state index in [1.165, 1.54) is 50.3 Å². The number of hydrogen-bond acceptors (Lipinski definition) is 5. The highest BCUT2D eigenvalue weighted by Gasteiger charge is 2.33. The first kappa shape index (κ1) is 28.4. The van der Waals surface area contributed by atoms with Gasteiger partial charge in [-0.1, -0.05) is 88.4 Å². The molecule has 2 amide bonds. The molecular formula is C30H43N5O2S. The van der Waals surface area contributed by atoms with E-state index in [9.17, 15) is 9.59 Å². The molecule has 2 saturated carbocycles. The van der Waals surface area contributed by atoms with Gasteiger partial charge in [0.1, 0.15) is 0 Å². The fourth-order valence-corrected chi connectivity index (χ4v) is 6.73. The summed E-state index contributed by atoms with van der Waals surface area (Å²) in [5.41, 5.74) is 0.610. The molecule has 0 saturated heterocycles. The van der Waals surface area contributed by atoms with E-state index >= 15 is 0 Å². The van der Waals surface area contributed by atoms with E-state index in [0.717, 1.165) is 25.7 Å². The van der Waals surface area contributed by atoms with Crippen molar-refractivity contribution in [3.8, 4) is 0 Å². The van der Waals surface area contributed by atoms with E-state index < -0.39 is 0 Å². The molecule has 206 valence electrons. The van der Waals surface area contributed by atoms with Crippen LogP contribution in [-0.4, -0.2) is 49.3 Å². The van der Waals surface area contributed by atoms with Crippen LogP contribution in [0.1, 0.15) is 100 Å². The van der Waals surface area contributed by atoms with Gasteiger partial charge in [-0.15, -0.1) is 16.8 Å². The lowest BCUT2D eigenvalue weighted by molar-refractivity contribution is -0.135.